The van der Waals surface area contributed by atoms with Gasteiger partial charge >= 0.3 is 0 Å². The summed E-state index contributed by atoms with van der Waals surface area (Å²) in [5.74, 6) is 1.27. The Balaban J connectivity index is 0.00000341. The molecule has 7 heteroatoms. The third kappa shape index (κ3) is 8.60. The number of rotatable bonds is 7. The zero-order valence-corrected chi connectivity index (χ0v) is 21.4. The molecule has 2 unspecified atom stereocenters. The molecular weight excluding hydrogens is 501 g/mol. The summed E-state index contributed by atoms with van der Waals surface area (Å²) in [4.78, 5) is 19.2. The quantitative estimate of drug-likeness (QED) is 0.214. The Morgan fingerprint density at radius 3 is 2.45 bits per heavy atom. The molecule has 2 aliphatic rings. The van der Waals surface area contributed by atoms with Crippen LogP contribution in [0.1, 0.15) is 57.4 Å². The minimum absolute atomic E-state index is 0. The standard InChI is InChI=1S/C24H39N5O.HI/c1-19-17-22(13-16-29(19)18-20-9-5-3-6-10-20)28-24(25-2)27-15-14-26-23(30)21-11-7-4-8-12-21;/h3,5-6,9-10,19,21-22H,4,7-8,11-18H2,1-2H3,(H,26,30)(H2,25,27,28);1H. The number of hydrogen-bond acceptors (Lipinski definition) is 3. The van der Waals surface area contributed by atoms with E-state index in [1.54, 1.807) is 0 Å². The summed E-state index contributed by atoms with van der Waals surface area (Å²) in [6.45, 7) is 5.75. The van der Waals surface area contributed by atoms with Gasteiger partial charge in [-0.05, 0) is 38.2 Å². The van der Waals surface area contributed by atoms with E-state index in [1.807, 2.05) is 7.05 Å². The Kier molecular flexibility index (Phi) is 11.6. The lowest BCUT2D eigenvalue weighted by Crippen LogP contribution is -2.52. The number of amides is 1. The van der Waals surface area contributed by atoms with E-state index in [-0.39, 0.29) is 35.8 Å². The van der Waals surface area contributed by atoms with Gasteiger partial charge in [-0.1, -0.05) is 49.6 Å². The van der Waals surface area contributed by atoms with Crippen LogP contribution in [0.15, 0.2) is 35.3 Å². The molecule has 0 aromatic heterocycles. The first-order valence-electron chi connectivity index (χ1n) is 11.7. The normalized spacial score (nSPS) is 23.0. The van der Waals surface area contributed by atoms with Crippen LogP contribution in [0.4, 0.5) is 0 Å². The number of carbonyl (C=O) groups excluding carboxylic acids is 1. The summed E-state index contributed by atoms with van der Waals surface area (Å²) in [5.41, 5.74) is 1.38. The van der Waals surface area contributed by atoms with Gasteiger partial charge in [0.15, 0.2) is 5.96 Å². The third-order valence-corrected chi connectivity index (χ3v) is 6.50. The number of likely N-dealkylation sites (tertiary alicyclic amines) is 1. The first-order chi connectivity index (χ1) is 14.7. The fourth-order valence-electron chi connectivity index (χ4n) is 4.67. The Hall–Kier alpha value is -1.35. The predicted octanol–water partition coefficient (Wildman–Crippen LogP) is 3.52. The third-order valence-electron chi connectivity index (χ3n) is 6.50. The van der Waals surface area contributed by atoms with E-state index >= 15 is 0 Å². The Bertz CT molecular complexity index is 678. The van der Waals surface area contributed by atoms with Gasteiger partial charge in [0.1, 0.15) is 0 Å². The van der Waals surface area contributed by atoms with Crippen molar-refractivity contribution in [2.75, 3.05) is 26.7 Å². The summed E-state index contributed by atoms with van der Waals surface area (Å²) in [6.07, 6.45) is 7.96. The fourth-order valence-corrected chi connectivity index (χ4v) is 4.67. The second-order valence-electron chi connectivity index (χ2n) is 8.80. The van der Waals surface area contributed by atoms with E-state index in [2.05, 4.69) is 63.1 Å². The SMILES string of the molecule is CN=C(NCCNC(=O)C1CCCCC1)NC1CCN(Cc2ccccc2)C(C)C1.I. The number of halogens is 1. The predicted molar refractivity (Wildman–Crippen MR) is 139 cm³/mol. The molecule has 1 saturated heterocycles. The Morgan fingerprint density at radius 1 is 1.06 bits per heavy atom. The molecule has 6 nitrogen and oxygen atoms in total. The molecule has 174 valence electrons. The summed E-state index contributed by atoms with van der Waals surface area (Å²) in [6, 6.07) is 11.7. The number of hydrogen-bond donors (Lipinski definition) is 3. The smallest absolute Gasteiger partial charge is 0.223 e. The van der Waals surface area contributed by atoms with Crippen molar-refractivity contribution < 1.29 is 4.79 Å². The number of benzene rings is 1. The molecule has 1 aliphatic heterocycles. The van der Waals surface area contributed by atoms with Gasteiger partial charge in [0.05, 0.1) is 0 Å². The van der Waals surface area contributed by atoms with Gasteiger partial charge in [0.25, 0.3) is 0 Å². The molecule has 0 radical (unpaired) electrons. The summed E-state index contributed by atoms with van der Waals surface area (Å²) < 4.78 is 0. The van der Waals surface area contributed by atoms with Crippen molar-refractivity contribution in [1.82, 2.24) is 20.9 Å². The van der Waals surface area contributed by atoms with Crippen LogP contribution in [-0.4, -0.2) is 55.5 Å². The highest BCUT2D eigenvalue weighted by Crippen LogP contribution is 2.23. The van der Waals surface area contributed by atoms with E-state index in [0.29, 0.717) is 25.2 Å². The van der Waals surface area contributed by atoms with Crippen LogP contribution in [0.25, 0.3) is 0 Å². The number of piperidine rings is 1. The molecule has 1 amide bonds. The van der Waals surface area contributed by atoms with Crippen molar-refractivity contribution in [2.45, 2.75) is 70.5 Å². The monoisotopic (exact) mass is 541 g/mol. The van der Waals surface area contributed by atoms with E-state index in [0.717, 1.165) is 44.7 Å². The van der Waals surface area contributed by atoms with Gasteiger partial charge in [0.2, 0.25) is 5.91 Å². The van der Waals surface area contributed by atoms with Gasteiger partial charge in [-0.3, -0.25) is 14.7 Å². The van der Waals surface area contributed by atoms with Crippen LogP contribution in [0, 0.1) is 5.92 Å². The van der Waals surface area contributed by atoms with Crippen molar-refractivity contribution >= 4 is 35.8 Å². The zero-order chi connectivity index (χ0) is 21.2. The fraction of sp³-hybridized carbons (Fsp3) is 0.667. The number of carbonyl (C=O) groups is 1. The van der Waals surface area contributed by atoms with Gasteiger partial charge < -0.3 is 16.0 Å². The van der Waals surface area contributed by atoms with E-state index in [4.69, 9.17) is 0 Å². The molecular formula is C24H40IN5O. The minimum atomic E-state index is 0. The van der Waals surface area contributed by atoms with Crippen molar-refractivity contribution in [2.24, 2.45) is 10.9 Å². The summed E-state index contributed by atoms with van der Waals surface area (Å²) >= 11 is 0. The van der Waals surface area contributed by atoms with Crippen LogP contribution in [0.5, 0.6) is 0 Å². The number of nitrogens with one attached hydrogen (secondary N) is 3. The molecule has 0 spiro atoms. The van der Waals surface area contributed by atoms with Crippen LogP contribution in [0.3, 0.4) is 0 Å². The highest BCUT2D eigenvalue weighted by molar-refractivity contribution is 14.0. The molecule has 1 saturated carbocycles. The summed E-state index contributed by atoms with van der Waals surface area (Å²) in [7, 11) is 1.81. The lowest BCUT2D eigenvalue weighted by molar-refractivity contribution is -0.125. The molecule has 1 heterocycles. The zero-order valence-electron chi connectivity index (χ0n) is 19.1. The van der Waals surface area contributed by atoms with Crippen molar-refractivity contribution in [3.05, 3.63) is 35.9 Å². The van der Waals surface area contributed by atoms with Gasteiger partial charge in [-0.2, -0.15) is 0 Å². The second-order valence-corrected chi connectivity index (χ2v) is 8.80. The molecule has 2 atom stereocenters. The number of aliphatic imine (C=N–C) groups is 1. The minimum Gasteiger partial charge on any atom is -0.355 e. The molecule has 0 bridgehead atoms. The van der Waals surface area contributed by atoms with Crippen molar-refractivity contribution in [3.63, 3.8) is 0 Å². The summed E-state index contributed by atoms with van der Waals surface area (Å²) in [5, 5.41) is 10.0. The maximum absolute atomic E-state index is 12.2. The van der Waals surface area contributed by atoms with Gasteiger partial charge in [0, 0.05) is 51.2 Å². The molecule has 1 aromatic rings. The topological polar surface area (TPSA) is 68.8 Å². The number of nitrogens with zero attached hydrogens (tertiary/aromatic N) is 2. The number of guanidine groups is 1. The van der Waals surface area contributed by atoms with E-state index in [1.165, 1.54) is 24.8 Å². The average molecular weight is 542 g/mol. The maximum Gasteiger partial charge on any atom is 0.223 e. The molecule has 3 rings (SSSR count). The van der Waals surface area contributed by atoms with Crippen LogP contribution < -0.4 is 16.0 Å². The van der Waals surface area contributed by atoms with E-state index < -0.39 is 0 Å². The Morgan fingerprint density at radius 2 is 1.77 bits per heavy atom. The lowest BCUT2D eigenvalue weighted by Gasteiger charge is -2.38. The van der Waals surface area contributed by atoms with Crippen LogP contribution >= 0.6 is 24.0 Å². The van der Waals surface area contributed by atoms with Crippen molar-refractivity contribution in [3.8, 4) is 0 Å². The van der Waals surface area contributed by atoms with E-state index in [9.17, 15) is 4.79 Å². The van der Waals surface area contributed by atoms with Gasteiger partial charge in [-0.25, -0.2) is 0 Å². The molecule has 1 aromatic carbocycles. The first-order valence-corrected chi connectivity index (χ1v) is 11.7. The Labute approximate surface area is 205 Å². The van der Waals surface area contributed by atoms with Crippen molar-refractivity contribution in [1.29, 1.82) is 0 Å². The molecule has 3 N–H and O–H groups in total. The van der Waals surface area contributed by atoms with Gasteiger partial charge in [-0.15, -0.1) is 24.0 Å². The molecule has 1 aliphatic carbocycles. The van der Waals surface area contributed by atoms with Crippen LogP contribution in [-0.2, 0) is 11.3 Å². The highest BCUT2D eigenvalue weighted by atomic mass is 127. The first kappa shape index (κ1) is 25.9. The highest BCUT2D eigenvalue weighted by Gasteiger charge is 2.26. The second kappa shape index (κ2) is 13.9. The molecule has 31 heavy (non-hydrogen) atoms. The largest absolute Gasteiger partial charge is 0.355 e. The van der Waals surface area contributed by atoms with Crippen LogP contribution in [0.2, 0.25) is 0 Å². The average Bonchev–Trinajstić information content (AvgIpc) is 2.78. The lowest BCUT2D eigenvalue weighted by atomic mass is 9.89. The maximum atomic E-state index is 12.2. The molecule has 2 fully saturated rings.